The van der Waals surface area contributed by atoms with E-state index in [0.29, 0.717) is 11.4 Å². The molecule has 0 aliphatic heterocycles. The standard InChI is InChI=1S/C23H26N4O3S/c1-15-6-8-20(9-7-15)31(29,30)27(5)14-21-24-12-19(13-25-21)23(28)26-22-17(3)10-16(2)11-18(22)4/h6-13H,14H2,1-5H3,(H,26,28). The number of benzene rings is 2. The van der Waals surface area contributed by atoms with E-state index in [0.717, 1.165) is 27.9 Å². The van der Waals surface area contributed by atoms with E-state index in [1.54, 1.807) is 24.3 Å². The molecule has 1 N–H and O–H groups in total. The van der Waals surface area contributed by atoms with Crippen LogP contribution in [0.25, 0.3) is 0 Å². The van der Waals surface area contributed by atoms with Crippen LogP contribution in [-0.2, 0) is 16.6 Å². The van der Waals surface area contributed by atoms with Crippen LogP contribution in [-0.4, -0.2) is 35.6 Å². The lowest BCUT2D eigenvalue weighted by Gasteiger charge is -2.16. The van der Waals surface area contributed by atoms with Crippen molar-refractivity contribution in [3.8, 4) is 0 Å². The van der Waals surface area contributed by atoms with Gasteiger partial charge in [-0.2, -0.15) is 4.31 Å². The maximum atomic E-state index is 12.7. The van der Waals surface area contributed by atoms with Gasteiger partial charge in [0, 0.05) is 25.1 Å². The number of carbonyl (C=O) groups excluding carboxylic acids is 1. The fourth-order valence-corrected chi connectivity index (χ4v) is 4.42. The molecular weight excluding hydrogens is 412 g/mol. The smallest absolute Gasteiger partial charge is 0.258 e. The first-order valence-corrected chi connectivity index (χ1v) is 11.2. The Bertz CT molecular complexity index is 1180. The number of nitrogens with zero attached hydrogens (tertiary/aromatic N) is 3. The predicted octanol–water partition coefficient (Wildman–Crippen LogP) is 3.78. The molecule has 0 atom stereocenters. The second kappa shape index (κ2) is 8.95. The van der Waals surface area contributed by atoms with Gasteiger partial charge in [0.25, 0.3) is 5.91 Å². The van der Waals surface area contributed by atoms with Crippen molar-refractivity contribution in [3.63, 3.8) is 0 Å². The van der Waals surface area contributed by atoms with E-state index in [1.807, 2.05) is 39.8 Å². The minimum atomic E-state index is -3.66. The zero-order valence-corrected chi connectivity index (χ0v) is 19.1. The quantitative estimate of drug-likeness (QED) is 0.632. The third-order valence-corrected chi connectivity index (χ3v) is 6.79. The van der Waals surface area contributed by atoms with Crippen molar-refractivity contribution in [2.24, 2.45) is 0 Å². The molecule has 0 saturated carbocycles. The van der Waals surface area contributed by atoms with E-state index in [9.17, 15) is 13.2 Å². The number of aromatic nitrogens is 2. The van der Waals surface area contributed by atoms with Crippen molar-refractivity contribution in [1.29, 1.82) is 0 Å². The summed E-state index contributed by atoms with van der Waals surface area (Å²) < 4.78 is 26.6. The molecule has 3 aromatic rings. The summed E-state index contributed by atoms with van der Waals surface area (Å²) in [5.41, 5.74) is 5.13. The van der Waals surface area contributed by atoms with Crippen molar-refractivity contribution < 1.29 is 13.2 Å². The van der Waals surface area contributed by atoms with Gasteiger partial charge in [0.1, 0.15) is 5.82 Å². The monoisotopic (exact) mass is 438 g/mol. The number of hydrogen-bond acceptors (Lipinski definition) is 5. The summed E-state index contributed by atoms with van der Waals surface area (Å²) in [5, 5.41) is 2.91. The van der Waals surface area contributed by atoms with Crippen LogP contribution in [0.2, 0.25) is 0 Å². The number of anilines is 1. The molecule has 2 aromatic carbocycles. The number of nitrogens with one attached hydrogen (secondary N) is 1. The van der Waals surface area contributed by atoms with E-state index in [-0.39, 0.29) is 17.3 Å². The van der Waals surface area contributed by atoms with Crippen LogP contribution in [0, 0.1) is 27.7 Å². The van der Waals surface area contributed by atoms with E-state index < -0.39 is 10.0 Å². The van der Waals surface area contributed by atoms with Crippen LogP contribution in [0.3, 0.4) is 0 Å². The summed E-state index contributed by atoms with van der Waals surface area (Å²) in [7, 11) is -2.19. The molecule has 0 unspecified atom stereocenters. The molecule has 31 heavy (non-hydrogen) atoms. The lowest BCUT2D eigenvalue weighted by atomic mass is 10.0. The normalized spacial score (nSPS) is 11.5. The average Bonchev–Trinajstić information content (AvgIpc) is 2.71. The summed E-state index contributed by atoms with van der Waals surface area (Å²) in [6.45, 7) is 7.79. The second-order valence-electron chi connectivity index (χ2n) is 7.69. The van der Waals surface area contributed by atoms with Gasteiger partial charge in [0.05, 0.1) is 17.0 Å². The van der Waals surface area contributed by atoms with Gasteiger partial charge in [-0.25, -0.2) is 18.4 Å². The maximum absolute atomic E-state index is 12.7. The van der Waals surface area contributed by atoms with Crippen LogP contribution < -0.4 is 5.32 Å². The molecule has 0 saturated heterocycles. The van der Waals surface area contributed by atoms with E-state index in [2.05, 4.69) is 15.3 Å². The fourth-order valence-electron chi connectivity index (χ4n) is 3.29. The third kappa shape index (κ3) is 5.15. The molecule has 0 aliphatic carbocycles. The van der Waals surface area contributed by atoms with Gasteiger partial charge >= 0.3 is 0 Å². The summed E-state index contributed by atoms with van der Waals surface area (Å²) in [4.78, 5) is 21.2. The van der Waals surface area contributed by atoms with Gasteiger partial charge in [0.15, 0.2) is 0 Å². The largest absolute Gasteiger partial charge is 0.321 e. The Labute approximate surface area is 183 Å². The van der Waals surface area contributed by atoms with Crippen molar-refractivity contribution in [1.82, 2.24) is 14.3 Å². The van der Waals surface area contributed by atoms with E-state index in [4.69, 9.17) is 0 Å². The molecule has 1 heterocycles. The first-order valence-electron chi connectivity index (χ1n) is 9.81. The molecule has 162 valence electrons. The van der Waals surface area contributed by atoms with Gasteiger partial charge in [-0.15, -0.1) is 0 Å². The molecule has 7 nitrogen and oxygen atoms in total. The Kier molecular flexibility index (Phi) is 6.52. The SMILES string of the molecule is Cc1ccc(S(=O)(=O)N(C)Cc2ncc(C(=O)Nc3c(C)cc(C)cc3C)cn2)cc1. The summed E-state index contributed by atoms with van der Waals surface area (Å²) in [6.07, 6.45) is 2.81. The molecule has 0 radical (unpaired) electrons. The van der Waals surface area contributed by atoms with Gasteiger partial charge in [-0.1, -0.05) is 35.4 Å². The third-order valence-electron chi connectivity index (χ3n) is 4.98. The number of hydrogen-bond donors (Lipinski definition) is 1. The molecule has 0 spiro atoms. The highest BCUT2D eigenvalue weighted by Crippen LogP contribution is 2.22. The second-order valence-corrected chi connectivity index (χ2v) is 9.73. The number of rotatable bonds is 6. The number of amides is 1. The van der Waals surface area contributed by atoms with Crippen LogP contribution >= 0.6 is 0 Å². The molecule has 1 amide bonds. The van der Waals surface area contributed by atoms with Crippen LogP contribution in [0.4, 0.5) is 5.69 Å². The average molecular weight is 439 g/mol. The zero-order valence-electron chi connectivity index (χ0n) is 18.3. The minimum absolute atomic E-state index is 0.00567. The molecular formula is C23H26N4O3S. The summed E-state index contributed by atoms with van der Waals surface area (Å²) >= 11 is 0. The van der Waals surface area contributed by atoms with Crippen LogP contribution in [0.15, 0.2) is 53.7 Å². The Balaban J connectivity index is 1.71. The van der Waals surface area contributed by atoms with Crippen molar-refractivity contribution >= 4 is 21.6 Å². The van der Waals surface area contributed by atoms with Gasteiger partial charge < -0.3 is 5.32 Å². The molecule has 0 aliphatic rings. The number of carbonyl (C=O) groups is 1. The first-order chi connectivity index (χ1) is 14.6. The Morgan fingerprint density at radius 2 is 1.48 bits per heavy atom. The molecule has 1 aromatic heterocycles. The van der Waals surface area contributed by atoms with E-state index >= 15 is 0 Å². The van der Waals surface area contributed by atoms with Crippen LogP contribution in [0.5, 0.6) is 0 Å². The maximum Gasteiger partial charge on any atom is 0.258 e. The molecule has 3 rings (SSSR count). The highest BCUT2D eigenvalue weighted by Gasteiger charge is 2.22. The topological polar surface area (TPSA) is 92.3 Å². The number of sulfonamides is 1. The number of aryl methyl sites for hydroxylation is 4. The van der Waals surface area contributed by atoms with Crippen LogP contribution in [0.1, 0.15) is 38.4 Å². The Morgan fingerprint density at radius 3 is 2.03 bits per heavy atom. The lowest BCUT2D eigenvalue weighted by Crippen LogP contribution is -2.27. The van der Waals surface area contributed by atoms with E-state index in [1.165, 1.54) is 23.7 Å². The van der Waals surface area contributed by atoms with Crippen molar-refractivity contribution in [2.45, 2.75) is 39.1 Å². The molecule has 8 heteroatoms. The predicted molar refractivity (Wildman–Crippen MR) is 120 cm³/mol. The first kappa shape index (κ1) is 22.6. The molecule has 0 fully saturated rings. The Morgan fingerprint density at radius 1 is 0.935 bits per heavy atom. The fraction of sp³-hybridized carbons (Fsp3) is 0.261. The lowest BCUT2D eigenvalue weighted by molar-refractivity contribution is 0.102. The molecule has 0 bridgehead atoms. The highest BCUT2D eigenvalue weighted by molar-refractivity contribution is 7.89. The van der Waals surface area contributed by atoms with Gasteiger partial charge in [-0.05, 0) is 51.0 Å². The van der Waals surface area contributed by atoms with Gasteiger partial charge in [0.2, 0.25) is 10.0 Å². The van der Waals surface area contributed by atoms with Gasteiger partial charge in [-0.3, -0.25) is 4.79 Å². The Hall–Kier alpha value is -3.10. The summed E-state index contributed by atoms with van der Waals surface area (Å²) in [6, 6.07) is 10.7. The summed E-state index contributed by atoms with van der Waals surface area (Å²) in [5.74, 6) is -0.0142. The van der Waals surface area contributed by atoms with Crippen molar-refractivity contribution in [3.05, 3.63) is 82.4 Å². The minimum Gasteiger partial charge on any atom is -0.321 e. The van der Waals surface area contributed by atoms with Crippen molar-refractivity contribution in [2.75, 3.05) is 12.4 Å². The highest BCUT2D eigenvalue weighted by atomic mass is 32.2. The zero-order chi connectivity index (χ0) is 22.8.